The number of rotatable bonds is 10. The van der Waals surface area contributed by atoms with E-state index in [2.05, 4.69) is 4.72 Å². The van der Waals surface area contributed by atoms with Gasteiger partial charge in [0.15, 0.2) is 0 Å². The van der Waals surface area contributed by atoms with Gasteiger partial charge in [0.25, 0.3) is 0 Å². The van der Waals surface area contributed by atoms with Crippen molar-refractivity contribution in [3.63, 3.8) is 0 Å². The van der Waals surface area contributed by atoms with Crippen molar-refractivity contribution in [3.8, 4) is 11.5 Å². The van der Waals surface area contributed by atoms with Crippen LogP contribution in [0.5, 0.6) is 11.5 Å². The van der Waals surface area contributed by atoms with E-state index in [0.29, 0.717) is 37.4 Å². The molecule has 0 spiro atoms. The van der Waals surface area contributed by atoms with Gasteiger partial charge < -0.3 is 14.2 Å². The fourth-order valence-corrected chi connectivity index (χ4v) is 4.70. The summed E-state index contributed by atoms with van der Waals surface area (Å²) >= 11 is 0. The topological polar surface area (TPSA) is 90.9 Å². The average molecular weight is 428 g/mol. The molecule has 2 atom stereocenters. The third-order valence-corrected chi connectivity index (χ3v) is 6.22. The molecule has 29 heavy (non-hydrogen) atoms. The minimum absolute atomic E-state index is 0.0845. The minimum atomic E-state index is -3.38. The zero-order chi connectivity index (χ0) is 21.7. The highest BCUT2D eigenvalue weighted by atomic mass is 32.2. The lowest BCUT2D eigenvalue weighted by atomic mass is 9.90. The van der Waals surface area contributed by atoms with E-state index in [-0.39, 0.29) is 30.3 Å². The van der Waals surface area contributed by atoms with Crippen LogP contribution in [0.25, 0.3) is 0 Å². The van der Waals surface area contributed by atoms with Gasteiger partial charge in [-0.25, -0.2) is 13.1 Å². The van der Waals surface area contributed by atoms with Crippen LogP contribution < -0.4 is 14.2 Å². The molecular weight excluding hydrogens is 394 g/mol. The summed E-state index contributed by atoms with van der Waals surface area (Å²) in [4.78, 5) is 11.5. The Hall–Kier alpha value is -1.80. The van der Waals surface area contributed by atoms with Gasteiger partial charge in [-0.2, -0.15) is 0 Å². The van der Waals surface area contributed by atoms with E-state index < -0.39 is 15.6 Å². The molecule has 7 nitrogen and oxygen atoms in total. The van der Waals surface area contributed by atoms with Crippen LogP contribution in [-0.2, 0) is 19.6 Å². The van der Waals surface area contributed by atoms with Crippen LogP contribution in [0.1, 0.15) is 71.9 Å². The van der Waals surface area contributed by atoms with Crippen molar-refractivity contribution >= 4 is 16.0 Å². The maximum Gasteiger partial charge on any atom is 0.305 e. The number of nitrogens with one attached hydrogen (secondary N) is 1. The number of carbonyl (C=O) groups is 1. The molecular formula is C21H33NO6S. The number of benzene rings is 1. The standard InChI is InChI=1S/C21H33NO6S/c1-6-12-29(24,25)22-18-14-21(4,5)28-19-10-9-16(13-17(18)19)27-15(3)8-11-20(23)26-7-2/h9-10,13,15,18,22H,6-8,11-12,14H2,1-5H3. The van der Waals surface area contributed by atoms with Gasteiger partial charge in [-0.05, 0) is 58.7 Å². The van der Waals surface area contributed by atoms with E-state index >= 15 is 0 Å². The fraction of sp³-hybridized carbons (Fsp3) is 0.667. The first kappa shape index (κ1) is 23.5. The summed E-state index contributed by atoms with van der Waals surface area (Å²) in [5, 5.41) is 0. The Balaban J connectivity index is 2.15. The average Bonchev–Trinajstić information content (AvgIpc) is 2.59. The quantitative estimate of drug-likeness (QED) is 0.572. The molecule has 8 heteroatoms. The third-order valence-electron chi connectivity index (χ3n) is 4.63. The molecule has 1 heterocycles. The van der Waals surface area contributed by atoms with Crippen LogP contribution in [0.3, 0.4) is 0 Å². The monoisotopic (exact) mass is 427 g/mol. The lowest BCUT2D eigenvalue weighted by Gasteiger charge is -2.38. The first-order valence-corrected chi connectivity index (χ1v) is 11.9. The van der Waals surface area contributed by atoms with Gasteiger partial charge >= 0.3 is 5.97 Å². The molecule has 0 aliphatic carbocycles. The number of hydrogen-bond donors (Lipinski definition) is 1. The third kappa shape index (κ3) is 7.19. The zero-order valence-corrected chi connectivity index (χ0v) is 18.8. The van der Waals surface area contributed by atoms with Crippen LogP contribution >= 0.6 is 0 Å². The van der Waals surface area contributed by atoms with Crippen molar-refractivity contribution in [2.24, 2.45) is 0 Å². The molecule has 0 saturated heterocycles. The second-order valence-corrected chi connectivity index (χ2v) is 9.90. The highest BCUT2D eigenvalue weighted by Crippen LogP contribution is 2.41. The normalized spacial score (nSPS) is 19.0. The van der Waals surface area contributed by atoms with E-state index in [4.69, 9.17) is 14.2 Å². The molecule has 1 N–H and O–H groups in total. The Morgan fingerprint density at radius 3 is 2.72 bits per heavy atom. The van der Waals surface area contributed by atoms with Crippen molar-refractivity contribution in [2.45, 2.75) is 78.0 Å². The number of fused-ring (bicyclic) bond motifs is 1. The van der Waals surface area contributed by atoms with E-state index in [9.17, 15) is 13.2 Å². The highest BCUT2D eigenvalue weighted by molar-refractivity contribution is 7.89. The first-order chi connectivity index (χ1) is 13.5. The Labute approximate surface area is 174 Å². The van der Waals surface area contributed by atoms with Crippen molar-refractivity contribution in [3.05, 3.63) is 23.8 Å². The van der Waals surface area contributed by atoms with Gasteiger partial charge in [-0.1, -0.05) is 6.92 Å². The molecule has 1 aromatic carbocycles. The predicted octanol–water partition coefficient (Wildman–Crippen LogP) is 3.73. The lowest BCUT2D eigenvalue weighted by molar-refractivity contribution is -0.143. The van der Waals surface area contributed by atoms with Gasteiger partial charge in [0.05, 0.1) is 24.5 Å². The van der Waals surface area contributed by atoms with Crippen molar-refractivity contribution < 1.29 is 27.4 Å². The smallest absolute Gasteiger partial charge is 0.305 e. The summed E-state index contributed by atoms with van der Waals surface area (Å²) in [6.07, 6.45) is 1.71. The van der Waals surface area contributed by atoms with Gasteiger partial charge in [0, 0.05) is 18.4 Å². The SMILES string of the molecule is CCCS(=O)(=O)NC1CC(C)(C)Oc2ccc(OC(C)CCC(=O)OCC)cc21. The van der Waals surface area contributed by atoms with Crippen molar-refractivity contribution in [2.75, 3.05) is 12.4 Å². The fourth-order valence-electron chi connectivity index (χ4n) is 3.40. The number of ether oxygens (including phenoxy) is 3. The summed E-state index contributed by atoms with van der Waals surface area (Å²) in [5.41, 5.74) is 0.279. The van der Waals surface area contributed by atoms with E-state index in [1.807, 2.05) is 39.8 Å². The van der Waals surface area contributed by atoms with Crippen molar-refractivity contribution in [1.29, 1.82) is 0 Å². The van der Waals surface area contributed by atoms with Crippen molar-refractivity contribution in [1.82, 2.24) is 4.72 Å². The molecule has 2 rings (SSSR count). The van der Waals surface area contributed by atoms with Gasteiger partial charge in [0.2, 0.25) is 10.0 Å². The van der Waals surface area contributed by atoms with E-state index in [1.54, 1.807) is 13.0 Å². The van der Waals surface area contributed by atoms with Gasteiger partial charge in [0.1, 0.15) is 17.1 Å². The van der Waals surface area contributed by atoms with Crippen LogP contribution in [0.4, 0.5) is 0 Å². The summed E-state index contributed by atoms with van der Waals surface area (Å²) in [7, 11) is -3.38. The first-order valence-electron chi connectivity index (χ1n) is 10.2. The maximum atomic E-state index is 12.4. The predicted molar refractivity (Wildman–Crippen MR) is 112 cm³/mol. The number of esters is 1. The Kier molecular flexibility index (Phi) is 7.94. The summed E-state index contributed by atoms with van der Waals surface area (Å²) in [5.74, 6) is 1.11. The number of hydrogen-bond acceptors (Lipinski definition) is 6. The highest BCUT2D eigenvalue weighted by Gasteiger charge is 2.36. The Morgan fingerprint density at radius 2 is 2.07 bits per heavy atom. The molecule has 0 saturated carbocycles. The molecule has 1 aliphatic rings. The molecule has 2 unspecified atom stereocenters. The minimum Gasteiger partial charge on any atom is -0.491 e. The molecule has 164 valence electrons. The summed E-state index contributed by atoms with van der Waals surface area (Å²) in [6, 6.07) is 5.05. The molecule has 0 radical (unpaired) electrons. The Bertz CT molecular complexity index is 805. The number of carbonyl (C=O) groups excluding carboxylic acids is 1. The van der Waals surface area contributed by atoms with Gasteiger partial charge in [-0.15, -0.1) is 0 Å². The van der Waals surface area contributed by atoms with Crippen LogP contribution in [0.15, 0.2) is 18.2 Å². The zero-order valence-electron chi connectivity index (χ0n) is 18.0. The van der Waals surface area contributed by atoms with E-state index in [0.717, 1.165) is 5.56 Å². The Morgan fingerprint density at radius 1 is 1.34 bits per heavy atom. The van der Waals surface area contributed by atoms with Crippen LogP contribution in [0, 0.1) is 0 Å². The molecule has 0 bridgehead atoms. The second kappa shape index (κ2) is 9.80. The summed E-state index contributed by atoms with van der Waals surface area (Å²) in [6.45, 7) is 9.76. The summed E-state index contributed by atoms with van der Waals surface area (Å²) < 4.78 is 44.5. The molecule has 1 aromatic rings. The molecule has 0 aromatic heterocycles. The lowest BCUT2D eigenvalue weighted by Crippen LogP contribution is -2.41. The molecule has 0 fully saturated rings. The van der Waals surface area contributed by atoms with Crippen LogP contribution in [0.2, 0.25) is 0 Å². The van der Waals surface area contributed by atoms with Gasteiger partial charge in [-0.3, -0.25) is 4.79 Å². The van der Waals surface area contributed by atoms with E-state index in [1.165, 1.54) is 0 Å². The van der Waals surface area contributed by atoms with Crippen LogP contribution in [-0.4, -0.2) is 38.5 Å². The largest absolute Gasteiger partial charge is 0.491 e. The molecule has 0 amide bonds. The molecule has 1 aliphatic heterocycles. The maximum absolute atomic E-state index is 12.4. The second-order valence-electron chi connectivity index (χ2n) is 8.03. The number of sulfonamides is 1.